The fourth-order valence-corrected chi connectivity index (χ4v) is 1.99. The van der Waals surface area contributed by atoms with Crippen LogP contribution in [0.3, 0.4) is 0 Å². The average molecular weight is 302 g/mol. The van der Waals surface area contributed by atoms with Gasteiger partial charge in [-0.3, -0.25) is 0 Å². The van der Waals surface area contributed by atoms with Crippen LogP contribution in [-0.4, -0.2) is 15.0 Å². The summed E-state index contributed by atoms with van der Waals surface area (Å²) in [4.78, 5) is 0. The van der Waals surface area contributed by atoms with Gasteiger partial charge in [0.2, 0.25) is 3.79 Å². The molecule has 1 aromatic carbocycles. The Morgan fingerprint density at radius 1 is 1.22 bits per heavy atom. The first-order chi connectivity index (χ1) is 8.43. The molecule has 0 amide bonds. The lowest BCUT2D eigenvalue weighted by atomic mass is 10.2. The average Bonchev–Trinajstić information content (AvgIpc) is 2.73. The molecule has 0 saturated carbocycles. The van der Waals surface area contributed by atoms with E-state index in [4.69, 9.17) is 40.1 Å². The van der Waals surface area contributed by atoms with Gasteiger partial charge in [0, 0.05) is 0 Å². The molecule has 18 heavy (non-hydrogen) atoms. The van der Waals surface area contributed by atoms with Crippen LogP contribution in [0.25, 0.3) is 5.69 Å². The quantitative estimate of drug-likeness (QED) is 0.760. The van der Waals surface area contributed by atoms with Crippen molar-refractivity contribution in [2.45, 2.75) is 10.7 Å². The maximum absolute atomic E-state index is 8.94. The van der Waals surface area contributed by atoms with Crippen LogP contribution in [0.4, 0.5) is 0 Å². The van der Waals surface area contributed by atoms with Gasteiger partial charge in [0.25, 0.3) is 0 Å². The van der Waals surface area contributed by atoms with E-state index in [0.717, 1.165) is 5.56 Å². The second-order valence-electron chi connectivity index (χ2n) is 3.64. The highest BCUT2D eigenvalue weighted by molar-refractivity contribution is 6.66. The van der Waals surface area contributed by atoms with E-state index >= 15 is 0 Å². The van der Waals surface area contributed by atoms with Gasteiger partial charge in [-0.1, -0.05) is 57.7 Å². The van der Waals surface area contributed by atoms with Gasteiger partial charge in [0.15, 0.2) is 5.69 Å². The van der Waals surface area contributed by atoms with E-state index in [1.807, 2.05) is 37.3 Å². The molecule has 7 heteroatoms. The van der Waals surface area contributed by atoms with Crippen LogP contribution >= 0.6 is 34.8 Å². The Morgan fingerprint density at radius 2 is 1.83 bits per heavy atom. The molecule has 0 radical (unpaired) electrons. The highest BCUT2D eigenvalue weighted by Gasteiger charge is 2.33. The SMILES string of the molecule is Cc1ccc(-n2nnc(C#N)c2C(Cl)(Cl)Cl)cc1. The lowest BCUT2D eigenvalue weighted by Gasteiger charge is -2.13. The van der Waals surface area contributed by atoms with Gasteiger partial charge in [0.05, 0.1) is 5.69 Å². The first kappa shape index (κ1) is 13.2. The summed E-state index contributed by atoms with van der Waals surface area (Å²) in [6.07, 6.45) is 0. The topological polar surface area (TPSA) is 54.5 Å². The van der Waals surface area contributed by atoms with Crippen molar-refractivity contribution in [2.75, 3.05) is 0 Å². The molecular formula is C11H7Cl3N4. The molecule has 92 valence electrons. The molecule has 0 aliphatic heterocycles. The first-order valence-corrected chi connectivity index (χ1v) is 6.07. The summed E-state index contributed by atoms with van der Waals surface area (Å²) in [6, 6.07) is 9.27. The molecule has 0 bridgehead atoms. The van der Waals surface area contributed by atoms with E-state index in [1.54, 1.807) is 0 Å². The monoisotopic (exact) mass is 300 g/mol. The van der Waals surface area contributed by atoms with Crippen molar-refractivity contribution in [3.05, 3.63) is 41.2 Å². The number of nitriles is 1. The van der Waals surface area contributed by atoms with Crippen molar-refractivity contribution < 1.29 is 0 Å². The summed E-state index contributed by atoms with van der Waals surface area (Å²) in [7, 11) is 0. The highest BCUT2D eigenvalue weighted by atomic mass is 35.6. The molecule has 0 fully saturated rings. The van der Waals surface area contributed by atoms with Gasteiger partial charge in [-0.25, -0.2) is 4.68 Å². The Kier molecular flexibility index (Phi) is 3.49. The molecule has 2 aromatic rings. The van der Waals surface area contributed by atoms with Crippen molar-refractivity contribution in [1.29, 1.82) is 5.26 Å². The Morgan fingerprint density at radius 3 is 2.33 bits per heavy atom. The minimum atomic E-state index is -1.76. The number of benzene rings is 1. The van der Waals surface area contributed by atoms with Crippen molar-refractivity contribution in [1.82, 2.24) is 15.0 Å². The number of aromatic nitrogens is 3. The van der Waals surface area contributed by atoms with Gasteiger partial charge < -0.3 is 0 Å². The summed E-state index contributed by atoms with van der Waals surface area (Å²) >= 11 is 17.5. The lowest BCUT2D eigenvalue weighted by Crippen LogP contribution is -2.11. The number of aryl methyl sites for hydroxylation is 1. The predicted octanol–water partition coefficient (Wildman–Crippen LogP) is 3.27. The number of rotatable bonds is 1. The summed E-state index contributed by atoms with van der Waals surface area (Å²) in [6.45, 7) is 1.96. The smallest absolute Gasteiger partial charge is 0.212 e. The number of nitrogens with zero attached hydrogens (tertiary/aromatic N) is 4. The summed E-state index contributed by atoms with van der Waals surface area (Å²) in [5.41, 5.74) is 1.90. The molecule has 2 rings (SSSR count). The van der Waals surface area contributed by atoms with Crippen LogP contribution in [0.15, 0.2) is 24.3 Å². The molecule has 0 unspecified atom stereocenters. The summed E-state index contributed by atoms with van der Waals surface area (Å²) < 4.78 is -0.412. The minimum absolute atomic E-state index is 0.00410. The third kappa shape index (κ3) is 2.44. The molecule has 1 heterocycles. The minimum Gasteiger partial charge on any atom is -0.212 e. The van der Waals surface area contributed by atoms with Crippen LogP contribution < -0.4 is 0 Å². The maximum atomic E-state index is 8.94. The van der Waals surface area contributed by atoms with Crippen LogP contribution in [0.2, 0.25) is 0 Å². The van der Waals surface area contributed by atoms with Crippen LogP contribution in [0.5, 0.6) is 0 Å². The van der Waals surface area contributed by atoms with Gasteiger partial charge >= 0.3 is 0 Å². The Hall–Kier alpha value is -1.28. The van der Waals surface area contributed by atoms with E-state index < -0.39 is 3.79 Å². The molecule has 0 aliphatic rings. The zero-order valence-corrected chi connectivity index (χ0v) is 11.5. The molecule has 0 N–H and O–H groups in total. The fraction of sp³-hybridized carbons (Fsp3) is 0.182. The van der Waals surface area contributed by atoms with E-state index in [2.05, 4.69) is 10.3 Å². The van der Waals surface area contributed by atoms with E-state index in [9.17, 15) is 0 Å². The van der Waals surface area contributed by atoms with E-state index in [0.29, 0.717) is 5.69 Å². The van der Waals surface area contributed by atoms with Crippen LogP contribution in [-0.2, 0) is 3.79 Å². The first-order valence-electron chi connectivity index (χ1n) is 4.93. The second kappa shape index (κ2) is 4.77. The Balaban J connectivity index is 2.63. The molecule has 0 saturated heterocycles. The van der Waals surface area contributed by atoms with Crippen molar-refractivity contribution >= 4 is 34.8 Å². The van der Waals surface area contributed by atoms with Crippen LogP contribution in [0, 0.1) is 18.3 Å². The molecule has 0 atom stereocenters. The largest absolute Gasteiger partial charge is 0.235 e. The zero-order valence-electron chi connectivity index (χ0n) is 9.23. The number of hydrogen-bond donors (Lipinski definition) is 0. The van der Waals surface area contributed by atoms with Crippen LogP contribution in [0.1, 0.15) is 17.0 Å². The van der Waals surface area contributed by atoms with Crippen molar-refractivity contribution in [3.8, 4) is 11.8 Å². The summed E-state index contributed by atoms with van der Waals surface area (Å²) in [5, 5.41) is 16.5. The van der Waals surface area contributed by atoms with Gasteiger partial charge in [0.1, 0.15) is 11.8 Å². The van der Waals surface area contributed by atoms with Gasteiger partial charge in [-0.05, 0) is 19.1 Å². The zero-order chi connectivity index (χ0) is 13.3. The number of halogens is 3. The van der Waals surface area contributed by atoms with E-state index in [1.165, 1.54) is 4.68 Å². The lowest BCUT2D eigenvalue weighted by molar-refractivity contribution is 0.771. The molecule has 0 spiro atoms. The molecular weight excluding hydrogens is 295 g/mol. The second-order valence-corrected chi connectivity index (χ2v) is 5.92. The molecule has 4 nitrogen and oxygen atoms in total. The van der Waals surface area contributed by atoms with E-state index in [-0.39, 0.29) is 11.4 Å². The van der Waals surface area contributed by atoms with Crippen molar-refractivity contribution in [3.63, 3.8) is 0 Å². The Labute approximate surface area is 119 Å². The highest BCUT2D eigenvalue weighted by Crippen LogP contribution is 2.40. The normalized spacial score (nSPS) is 11.3. The van der Waals surface area contributed by atoms with Crippen molar-refractivity contribution in [2.24, 2.45) is 0 Å². The third-order valence-corrected chi connectivity index (χ3v) is 2.86. The standard InChI is InChI=1S/C11H7Cl3N4/c1-7-2-4-8(5-3-7)18-10(11(12,13)14)9(6-15)16-17-18/h2-5H,1H3. The predicted molar refractivity (Wildman–Crippen MR) is 70.0 cm³/mol. The maximum Gasteiger partial charge on any atom is 0.235 e. The Bertz CT molecular complexity index is 605. The fourth-order valence-electron chi connectivity index (χ4n) is 1.48. The summed E-state index contributed by atoms with van der Waals surface area (Å²) in [5.74, 6) is 0. The third-order valence-electron chi connectivity index (χ3n) is 2.32. The number of alkyl halides is 3. The molecule has 1 aromatic heterocycles. The van der Waals surface area contributed by atoms with Gasteiger partial charge in [-0.15, -0.1) is 5.10 Å². The molecule has 0 aliphatic carbocycles. The van der Waals surface area contributed by atoms with Gasteiger partial charge in [-0.2, -0.15) is 5.26 Å². The number of hydrogen-bond acceptors (Lipinski definition) is 3.